The summed E-state index contributed by atoms with van der Waals surface area (Å²) in [6.45, 7) is -0.402. The zero-order valence-corrected chi connectivity index (χ0v) is 16.2. The predicted molar refractivity (Wildman–Crippen MR) is 108 cm³/mol. The van der Waals surface area contributed by atoms with Gasteiger partial charge in [-0.2, -0.15) is 10.2 Å². The molecule has 8 heteroatoms. The van der Waals surface area contributed by atoms with E-state index < -0.39 is 18.5 Å². The molecule has 0 fully saturated rings. The Kier molecular flexibility index (Phi) is 6.59. The van der Waals surface area contributed by atoms with Gasteiger partial charge in [0.2, 0.25) is 0 Å². The standard InChI is InChI=1S/C20H15BrN4O3/c21-15-10-14(11-22-12-15)20(27)28-13-19(26)23-16-6-8-18(9-7-16)25-24-17-4-2-1-3-5-17/h1-12H,13H2,(H,23,26). The number of nitrogens with one attached hydrogen (secondary N) is 1. The molecule has 0 radical (unpaired) electrons. The third-order valence-electron chi connectivity index (χ3n) is 3.46. The first-order valence-electron chi connectivity index (χ1n) is 8.24. The molecular weight excluding hydrogens is 424 g/mol. The van der Waals surface area contributed by atoms with Crippen LogP contribution in [0.15, 0.2) is 87.8 Å². The minimum absolute atomic E-state index is 0.260. The zero-order chi connectivity index (χ0) is 19.8. The van der Waals surface area contributed by atoms with Crippen molar-refractivity contribution in [3.8, 4) is 0 Å². The molecule has 0 saturated carbocycles. The van der Waals surface area contributed by atoms with Crippen molar-refractivity contribution in [3.05, 3.63) is 83.1 Å². The van der Waals surface area contributed by atoms with E-state index in [0.717, 1.165) is 5.69 Å². The third kappa shape index (κ3) is 5.82. The van der Waals surface area contributed by atoms with Gasteiger partial charge in [-0.15, -0.1) is 0 Å². The smallest absolute Gasteiger partial charge is 0.340 e. The van der Waals surface area contributed by atoms with Gasteiger partial charge in [0.25, 0.3) is 5.91 Å². The minimum Gasteiger partial charge on any atom is -0.452 e. The summed E-state index contributed by atoms with van der Waals surface area (Å²) in [7, 11) is 0. The first kappa shape index (κ1) is 19.4. The molecule has 140 valence electrons. The summed E-state index contributed by atoms with van der Waals surface area (Å²) in [5.41, 5.74) is 2.22. The molecule has 1 N–H and O–H groups in total. The van der Waals surface area contributed by atoms with Crippen LogP contribution >= 0.6 is 15.9 Å². The van der Waals surface area contributed by atoms with Crippen molar-refractivity contribution in [1.29, 1.82) is 0 Å². The van der Waals surface area contributed by atoms with E-state index in [1.54, 1.807) is 36.5 Å². The number of anilines is 1. The fraction of sp³-hybridized carbons (Fsp3) is 0.0500. The van der Waals surface area contributed by atoms with Crippen molar-refractivity contribution in [2.45, 2.75) is 0 Å². The molecule has 1 aromatic heterocycles. The van der Waals surface area contributed by atoms with Crippen LogP contribution in [0.2, 0.25) is 0 Å². The number of nitrogens with zero attached hydrogens (tertiary/aromatic N) is 3. The number of carbonyl (C=O) groups excluding carboxylic acids is 2. The van der Waals surface area contributed by atoms with Crippen molar-refractivity contribution in [3.63, 3.8) is 0 Å². The van der Waals surface area contributed by atoms with Gasteiger partial charge in [-0.1, -0.05) is 18.2 Å². The van der Waals surface area contributed by atoms with Crippen LogP contribution in [0, 0.1) is 0 Å². The van der Waals surface area contributed by atoms with Gasteiger partial charge in [0.05, 0.1) is 16.9 Å². The van der Waals surface area contributed by atoms with E-state index in [2.05, 4.69) is 36.5 Å². The number of esters is 1. The van der Waals surface area contributed by atoms with Crippen LogP contribution in [-0.4, -0.2) is 23.5 Å². The Hall–Kier alpha value is -3.39. The Labute approximate surface area is 169 Å². The Bertz CT molecular complexity index is 992. The lowest BCUT2D eigenvalue weighted by atomic mass is 10.3. The first-order chi connectivity index (χ1) is 13.6. The molecule has 28 heavy (non-hydrogen) atoms. The molecule has 0 aliphatic rings. The molecule has 0 aliphatic heterocycles. The number of hydrogen-bond acceptors (Lipinski definition) is 6. The number of azo groups is 1. The Morgan fingerprint density at radius 3 is 2.32 bits per heavy atom. The van der Waals surface area contributed by atoms with Crippen molar-refractivity contribution < 1.29 is 14.3 Å². The molecule has 1 amide bonds. The molecule has 0 aliphatic carbocycles. The SMILES string of the molecule is O=C(COC(=O)c1cncc(Br)c1)Nc1ccc(N=Nc2ccccc2)cc1. The summed E-state index contributed by atoms with van der Waals surface area (Å²) in [6.07, 6.45) is 2.92. The van der Waals surface area contributed by atoms with Gasteiger partial charge in [0.1, 0.15) is 0 Å². The van der Waals surface area contributed by atoms with Gasteiger partial charge in [-0.05, 0) is 58.4 Å². The minimum atomic E-state index is -0.624. The maximum Gasteiger partial charge on any atom is 0.340 e. The summed E-state index contributed by atoms with van der Waals surface area (Å²) < 4.78 is 5.63. The van der Waals surface area contributed by atoms with Gasteiger partial charge in [0, 0.05) is 22.6 Å². The molecule has 0 spiro atoms. The Morgan fingerprint density at radius 2 is 1.64 bits per heavy atom. The predicted octanol–water partition coefficient (Wildman–Crippen LogP) is 5.06. The second kappa shape index (κ2) is 9.52. The van der Waals surface area contributed by atoms with Crippen LogP contribution in [-0.2, 0) is 9.53 Å². The number of rotatable bonds is 6. The van der Waals surface area contributed by atoms with Crippen LogP contribution < -0.4 is 5.32 Å². The Morgan fingerprint density at radius 1 is 0.964 bits per heavy atom. The molecule has 2 aromatic carbocycles. The highest BCUT2D eigenvalue weighted by molar-refractivity contribution is 9.10. The molecule has 3 aromatic rings. The highest BCUT2D eigenvalue weighted by atomic mass is 79.9. The van der Waals surface area contributed by atoms with E-state index in [0.29, 0.717) is 15.8 Å². The zero-order valence-electron chi connectivity index (χ0n) is 14.6. The number of halogens is 1. The van der Waals surface area contributed by atoms with Crippen molar-refractivity contribution in [1.82, 2.24) is 4.98 Å². The largest absolute Gasteiger partial charge is 0.452 e. The first-order valence-corrected chi connectivity index (χ1v) is 9.04. The highest BCUT2D eigenvalue weighted by Gasteiger charge is 2.11. The van der Waals surface area contributed by atoms with E-state index in [9.17, 15) is 9.59 Å². The molecule has 0 bridgehead atoms. The second-order valence-corrected chi connectivity index (χ2v) is 6.51. The number of amides is 1. The van der Waals surface area contributed by atoms with E-state index >= 15 is 0 Å². The van der Waals surface area contributed by atoms with Gasteiger partial charge in [-0.3, -0.25) is 9.78 Å². The average molecular weight is 439 g/mol. The molecule has 0 atom stereocenters. The molecule has 7 nitrogen and oxygen atoms in total. The van der Waals surface area contributed by atoms with Gasteiger partial charge in [0.15, 0.2) is 6.61 Å². The number of benzene rings is 2. The van der Waals surface area contributed by atoms with E-state index in [1.807, 2.05) is 30.3 Å². The normalized spacial score (nSPS) is 10.6. The summed E-state index contributed by atoms with van der Waals surface area (Å²) in [6, 6.07) is 17.8. The Balaban J connectivity index is 1.50. The van der Waals surface area contributed by atoms with Gasteiger partial charge >= 0.3 is 5.97 Å². The average Bonchev–Trinajstić information content (AvgIpc) is 2.72. The van der Waals surface area contributed by atoms with E-state index in [4.69, 9.17) is 4.74 Å². The molecule has 3 rings (SSSR count). The topological polar surface area (TPSA) is 93.0 Å². The monoisotopic (exact) mass is 438 g/mol. The number of carbonyl (C=O) groups is 2. The van der Waals surface area contributed by atoms with Crippen LogP contribution in [0.3, 0.4) is 0 Å². The third-order valence-corrected chi connectivity index (χ3v) is 3.90. The second-order valence-electron chi connectivity index (χ2n) is 5.60. The maximum atomic E-state index is 12.0. The van der Waals surface area contributed by atoms with Crippen molar-refractivity contribution >= 4 is 44.9 Å². The maximum absolute atomic E-state index is 12.0. The van der Waals surface area contributed by atoms with Crippen LogP contribution in [0.25, 0.3) is 0 Å². The lowest BCUT2D eigenvalue weighted by Gasteiger charge is -2.07. The van der Waals surface area contributed by atoms with Crippen LogP contribution in [0.4, 0.5) is 17.1 Å². The van der Waals surface area contributed by atoms with E-state index in [1.165, 1.54) is 6.20 Å². The number of pyridine rings is 1. The summed E-state index contributed by atoms with van der Waals surface area (Å²) >= 11 is 3.22. The lowest BCUT2D eigenvalue weighted by Crippen LogP contribution is -2.20. The summed E-state index contributed by atoms with van der Waals surface area (Å²) in [4.78, 5) is 27.7. The lowest BCUT2D eigenvalue weighted by molar-refractivity contribution is -0.119. The van der Waals surface area contributed by atoms with Gasteiger partial charge < -0.3 is 10.1 Å². The van der Waals surface area contributed by atoms with E-state index in [-0.39, 0.29) is 5.56 Å². The fourth-order valence-corrected chi connectivity index (χ4v) is 2.52. The molecule has 1 heterocycles. The van der Waals surface area contributed by atoms with Gasteiger partial charge in [-0.25, -0.2) is 4.79 Å². The number of aromatic nitrogens is 1. The van der Waals surface area contributed by atoms with Crippen LogP contribution in [0.5, 0.6) is 0 Å². The van der Waals surface area contributed by atoms with Crippen LogP contribution in [0.1, 0.15) is 10.4 Å². The molecule has 0 saturated heterocycles. The summed E-state index contributed by atoms with van der Waals surface area (Å²) in [5.74, 6) is -1.07. The van der Waals surface area contributed by atoms with Crippen molar-refractivity contribution in [2.24, 2.45) is 10.2 Å². The quantitative estimate of drug-likeness (QED) is 0.430. The fourth-order valence-electron chi connectivity index (χ4n) is 2.16. The molecule has 0 unspecified atom stereocenters. The molecular formula is C20H15BrN4O3. The highest BCUT2D eigenvalue weighted by Crippen LogP contribution is 2.20. The summed E-state index contributed by atoms with van der Waals surface area (Å²) in [5, 5.41) is 10.9. The number of ether oxygens (including phenoxy) is 1. The van der Waals surface area contributed by atoms with Crippen molar-refractivity contribution in [2.75, 3.05) is 11.9 Å². The number of hydrogen-bond donors (Lipinski definition) is 1.